The van der Waals surface area contributed by atoms with Crippen molar-refractivity contribution in [3.63, 3.8) is 0 Å². The van der Waals surface area contributed by atoms with Crippen LogP contribution < -0.4 is 5.32 Å². The van der Waals surface area contributed by atoms with Crippen LogP contribution in [0.1, 0.15) is 37.0 Å². The number of ether oxygens (including phenoxy) is 1. The molecule has 0 amide bonds. The van der Waals surface area contributed by atoms with Gasteiger partial charge in [0.1, 0.15) is 5.01 Å². The van der Waals surface area contributed by atoms with Crippen molar-refractivity contribution in [3.8, 4) is 0 Å². The van der Waals surface area contributed by atoms with Crippen molar-refractivity contribution >= 4 is 11.3 Å². The second-order valence-electron chi connectivity index (χ2n) is 5.81. The van der Waals surface area contributed by atoms with Crippen LogP contribution in [0.15, 0.2) is 35.7 Å². The molecule has 1 aromatic carbocycles. The first-order valence-electron chi connectivity index (χ1n) is 6.83. The summed E-state index contributed by atoms with van der Waals surface area (Å²) in [6, 6.07) is 10.2. The number of hydrogen-bond donors (Lipinski definition) is 1. The maximum atomic E-state index is 5.69. The van der Waals surface area contributed by atoms with Crippen molar-refractivity contribution < 1.29 is 4.74 Å². The minimum atomic E-state index is 0.121. The van der Waals surface area contributed by atoms with Gasteiger partial charge in [-0.05, 0) is 26.3 Å². The average Bonchev–Trinajstić information content (AvgIpc) is 2.85. The van der Waals surface area contributed by atoms with Crippen LogP contribution in [0.2, 0.25) is 0 Å². The number of nitrogens with one attached hydrogen (secondary N) is 1. The minimum absolute atomic E-state index is 0.121. The third-order valence-electron chi connectivity index (χ3n) is 2.73. The molecule has 0 aliphatic carbocycles. The largest absolute Gasteiger partial charge is 0.370 e. The molecule has 0 aliphatic rings. The highest BCUT2D eigenvalue weighted by Gasteiger charge is 2.10. The molecule has 20 heavy (non-hydrogen) atoms. The average molecular weight is 290 g/mol. The van der Waals surface area contributed by atoms with Crippen LogP contribution >= 0.6 is 11.3 Å². The molecule has 0 saturated heterocycles. The molecule has 0 saturated carbocycles. The zero-order chi connectivity index (χ0) is 14.4. The molecule has 0 radical (unpaired) electrons. The molecule has 1 N–H and O–H groups in total. The molecule has 108 valence electrons. The van der Waals surface area contributed by atoms with Crippen molar-refractivity contribution in [2.75, 3.05) is 0 Å². The van der Waals surface area contributed by atoms with Gasteiger partial charge in [0, 0.05) is 17.5 Å². The maximum absolute atomic E-state index is 5.69. The van der Waals surface area contributed by atoms with E-state index in [1.165, 1.54) is 5.56 Å². The fraction of sp³-hybridized carbons (Fsp3) is 0.438. The lowest BCUT2D eigenvalue weighted by Crippen LogP contribution is -2.35. The third kappa shape index (κ3) is 5.41. The molecular formula is C16H22N2OS. The Morgan fingerprint density at radius 2 is 1.90 bits per heavy atom. The first kappa shape index (κ1) is 15.2. The van der Waals surface area contributed by atoms with E-state index >= 15 is 0 Å². The Hall–Kier alpha value is -1.23. The number of rotatable bonds is 6. The van der Waals surface area contributed by atoms with E-state index < -0.39 is 0 Å². The van der Waals surface area contributed by atoms with Crippen LogP contribution in [0, 0.1) is 0 Å². The van der Waals surface area contributed by atoms with Gasteiger partial charge in [0.05, 0.1) is 18.9 Å². The van der Waals surface area contributed by atoms with Gasteiger partial charge in [-0.3, -0.25) is 0 Å². The van der Waals surface area contributed by atoms with E-state index in [0.717, 1.165) is 17.2 Å². The first-order chi connectivity index (χ1) is 9.53. The van der Waals surface area contributed by atoms with Gasteiger partial charge in [-0.25, -0.2) is 4.98 Å². The number of hydrogen-bond acceptors (Lipinski definition) is 4. The van der Waals surface area contributed by atoms with Crippen LogP contribution in [-0.2, 0) is 24.5 Å². The van der Waals surface area contributed by atoms with Crippen LogP contribution in [0.4, 0.5) is 0 Å². The monoisotopic (exact) mass is 290 g/mol. The molecule has 1 heterocycles. The van der Waals surface area contributed by atoms with E-state index in [0.29, 0.717) is 13.2 Å². The molecule has 0 bridgehead atoms. The molecule has 0 atom stereocenters. The van der Waals surface area contributed by atoms with E-state index in [9.17, 15) is 0 Å². The fourth-order valence-corrected chi connectivity index (χ4v) is 2.40. The summed E-state index contributed by atoms with van der Waals surface area (Å²) in [6.07, 6.45) is 0. The summed E-state index contributed by atoms with van der Waals surface area (Å²) in [6.45, 7) is 8.49. The molecule has 0 fully saturated rings. The number of nitrogens with zero attached hydrogens (tertiary/aromatic N) is 1. The SMILES string of the molecule is CC(C)(C)NCc1nc(COCc2ccccc2)cs1. The summed E-state index contributed by atoms with van der Waals surface area (Å²) < 4.78 is 5.69. The molecule has 4 heteroatoms. The van der Waals surface area contributed by atoms with Gasteiger partial charge in [-0.2, -0.15) is 0 Å². The summed E-state index contributed by atoms with van der Waals surface area (Å²) in [5, 5.41) is 6.62. The summed E-state index contributed by atoms with van der Waals surface area (Å²) >= 11 is 1.68. The molecule has 0 spiro atoms. The smallest absolute Gasteiger partial charge is 0.107 e. The highest BCUT2D eigenvalue weighted by molar-refractivity contribution is 7.09. The number of thiazole rings is 1. The molecular weight excluding hydrogens is 268 g/mol. The van der Waals surface area contributed by atoms with E-state index in [-0.39, 0.29) is 5.54 Å². The van der Waals surface area contributed by atoms with Gasteiger partial charge in [0.25, 0.3) is 0 Å². The summed E-state index contributed by atoms with van der Waals surface area (Å²) in [5.41, 5.74) is 2.32. The predicted molar refractivity (Wildman–Crippen MR) is 83.6 cm³/mol. The van der Waals surface area contributed by atoms with Gasteiger partial charge in [0.15, 0.2) is 0 Å². The number of benzene rings is 1. The van der Waals surface area contributed by atoms with Gasteiger partial charge < -0.3 is 10.1 Å². The second kappa shape index (κ2) is 6.97. The molecule has 2 rings (SSSR count). The summed E-state index contributed by atoms with van der Waals surface area (Å²) in [7, 11) is 0. The zero-order valence-corrected chi connectivity index (χ0v) is 13.2. The standard InChI is InChI=1S/C16H22N2OS/c1-16(2,3)17-9-15-18-14(12-20-15)11-19-10-13-7-5-4-6-8-13/h4-8,12,17H,9-11H2,1-3H3. The lowest BCUT2D eigenvalue weighted by atomic mass is 10.1. The summed E-state index contributed by atoms with van der Waals surface area (Å²) in [5.74, 6) is 0. The van der Waals surface area contributed by atoms with Crippen molar-refractivity contribution in [2.24, 2.45) is 0 Å². The fourth-order valence-electron chi connectivity index (χ4n) is 1.68. The lowest BCUT2D eigenvalue weighted by molar-refractivity contribution is 0.105. The van der Waals surface area contributed by atoms with E-state index in [1.807, 2.05) is 18.2 Å². The van der Waals surface area contributed by atoms with E-state index in [4.69, 9.17) is 4.74 Å². The van der Waals surface area contributed by atoms with Crippen molar-refractivity contribution in [1.29, 1.82) is 0 Å². The zero-order valence-electron chi connectivity index (χ0n) is 12.3. The topological polar surface area (TPSA) is 34.2 Å². The molecule has 0 aliphatic heterocycles. The summed E-state index contributed by atoms with van der Waals surface area (Å²) in [4.78, 5) is 4.58. The van der Waals surface area contributed by atoms with Crippen molar-refractivity contribution in [3.05, 3.63) is 52.0 Å². The molecule has 2 aromatic rings. The first-order valence-corrected chi connectivity index (χ1v) is 7.71. The van der Waals surface area contributed by atoms with E-state index in [1.54, 1.807) is 11.3 Å². The van der Waals surface area contributed by atoms with Crippen molar-refractivity contribution in [2.45, 2.75) is 46.1 Å². The van der Waals surface area contributed by atoms with Gasteiger partial charge in [-0.15, -0.1) is 11.3 Å². The van der Waals surface area contributed by atoms with Gasteiger partial charge >= 0.3 is 0 Å². The van der Waals surface area contributed by atoms with Crippen molar-refractivity contribution in [1.82, 2.24) is 10.3 Å². The Labute approximate surface area is 125 Å². The van der Waals surface area contributed by atoms with Gasteiger partial charge in [0.2, 0.25) is 0 Å². The number of aromatic nitrogens is 1. The minimum Gasteiger partial charge on any atom is -0.370 e. The molecule has 0 unspecified atom stereocenters. The van der Waals surface area contributed by atoms with Crippen LogP contribution in [-0.4, -0.2) is 10.5 Å². The Bertz CT molecular complexity index is 517. The normalized spacial score (nSPS) is 11.8. The van der Waals surface area contributed by atoms with Gasteiger partial charge in [-0.1, -0.05) is 30.3 Å². The van der Waals surface area contributed by atoms with Crippen LogP contribution in [0.25, 0.3) is 0 Å². The van der Waals surface area contributed by atoms with Crippen LogP contribution in [0.5, 0.6) is 0 Å². The predicted octanol–water partition coefficient (Wildman–Crippen LogP) is 3.75. The lowest BCUT2D eigenvalue weighted by Gasteiger charge is -2.19. The Morgan fingerprint density at radius 3 is 2.60 bits per heavy atom. The maximum Gasteiger partial charge on any atom is 0.107 e. The van der Waals surface area contributed by atoms with Crippen LogP contribution in [0.3, 0.4) is 0 Å². The second-order valence-corrected chi connectivity index (χ2v) is 6.76. The highest BCUT2D eigenvalue weighted by atomic mass is 32.1. The quantitative estimate of drug-likeness (QED) is 0.880. The molecule has 1 aromatic heterocycles. The Morgan fingerprint density at radius 1 is 1.15 bits per heavy atom. The third-order valence-corrected chi connectivity index (χ3v) is 3.63. The molecule has 3 nitrogen and oxygen atoms in total. The Balaban J connectivity index is 1.75. The van der Waals surface area contributed by atoms with E-state index in [2.05, 4.69) is 48.6 Å². The highest BCUT2D eigenvalue weighted by Crippen LogP contribution is 2.13. The Kier molecular flexibility index (Phi) is 5.29.